The van der Waals surface area contributed by atoms with Gasteiger partial charge in [0.2, 0.25) is 0 Å². The van der Waals surface area contributed by atoms with Crippen LogP contribution in [0.3, 0.4) is 0 Å². The number of likely N-dealkylation sites (N-methyl/N-ethyl adjacent to an activating group) is 1. The lowest BCUT2D eigenvalue weighted by molar-refractivity contribution is -0.899. The molecule has 0 aromatic rings. The number of rotatable bonds is 14. The summed E-state index contributed by atoms with van der Waals surface area (Å²) in [6, 6.07) is 0. The van der Waals surface area contributed by atoms with Crippen LogP contribution in [0.1, 0.15) is 78.1 Å². The van der Waals surface area contributed by atoms with Crippen molar-refractivity contribution in [3.05, 3.63) is 24.6 Å². The maximum Gasteiger partial charge on any atom is 0.169 e. The minimum absolute atomic E-state index is 0.248. The van der Waals surface area contributed by atoms with E-state index in [1.54, 1.807) is 0 Å². The van der Waals surface area contributed by atoms with Crippen LogP contribution in [-0.4, -0.2) is 35.5 Å². The molecule has 2 atom stereocenters. The molecule has 1 rings (SSSR count). The monoisotopic (exact) mass is 323 g/mol. The van der Waals surface area contributed by atoms with Crippen molar-refractivity contribution >= 4 is 0 Å². The largest absolute Gasteiger partial charge is 0.390 e. The molecule has 0 radical (unpaired) electrons. The van der Waals surface area contributed by atoms with Crippen LogP contribution in [-0.2, 0) is 0 Å². The van der Waals surface area contributed by atoms with E-state index in [0.717, 1.165) is 24.0 Å². The Balaban J connectivity index is 2.08. The molecule has 0 fully saturated rings. The lowest BCUT2D eigenvalue weighted by Crippen LogP contribution is -2.53. The van der Waals surface area contributed by atoms with Crippen molar-refractivity contribution in [1.82, 2.24) is 5.32 Å². The van der Waals surface area contributed by atoms with Crippen molar-refractivity contribution in [2.45, 2.75) is 84.2 Å². The Hall–Kier alpha value is -0.800. The average molecular weight is 324 g/mol. The molecule has 0 aliphatic carbocycles. The van der Waals surface area contributed by atoms with E-state index in [4.69, 9.17) is 0 Å². The predicted molar refractivity (Wildman–Crippen MR) is 99.8 cm³/mol. The number of nitrogens with one attached hydrogen (secondary N) is 1. The van der Waals surface area contributed by atoms with Crippen molar-refractivity contribution < 1.29 is 9.59 Å². The molecule has 2 unspecified atom stereocenters. The number of allylic oxidation sites excluding steroid dienone is 1. The van der Waals surface area contributed by atoms with Gasteiger partial charge < -0.3 is 10.4 Å². The van der Waals surface area contributed by atoms with Gasteiger partial charge in [0.05, 0.1) is 19.4 Å². The van der Waals surface area contributed by atoms with Gasteiger partial charge in [-0.05, 0) is 19.8 Å². The minimum atomic E-state index is 0.248. The summed E-state index contributed by atoms with van der Waals surface area (Å²) >= 11 is 0. The van der Waals surface area contributed by atoms with Crippen LogP contribution in [0.4, 0.5) is 0 Å². The van der Waals surface area contributed by atoms with E-state index in [1.807, 2.05) is 0 Å². The van der Waals surface area contributed by atoms with E-state index < -0.39 is 0 Å². The SMILES string of the molecule is CCCCCCCCCC/C=C/CC1NC=C[N+]1(CC)CCO. The molecule has 1 aliphatic heterocycles. The van der Waals surface area contributed by atoms with Crippen molar-refractivity contribution in [3.63, 3.8) is 0 Å². The zero-order valence-corrected chi connectivity index (χ0v) is 15.5. The van der Waals surface area contributed by atoms with Crippen molar-refractivity contribution in [2.75, 3.05) is 19.7 Å². The number of aliphatic hydroxyl groups excluding tert-OH is 1. The highest BCUT2D eigenvalue weighted by molar-refractivity contribution is 4.91. The summed E-state index contributed by atoms with van der Waals surface area (Å²) < 4.78 is 0.860. The molecule has 0 bridgehead atoms. The summed E-state index contributed by atoms with van der Waals surface area (Å²) in [5.41, 5.74) is 0. The second kappa shape index (κ2) is 12.6. The first-order valence-corrected chi connectivity index (χ1v) is 9.85. The smallest absolute Gasteiger partial charge is 0.169 e. The zero-order chi connectivity index (χ0) is 16.8. The predicted octanol–water partition coefficient (Wildman–Crippen LogP) is 4.69. The van der Waals surface area contributed by atoms with Crippen molar-refractivity contribution in [1.29, 1.82) is 0 Å². The standard InChI is InChI=1S/C20H39N2O/c1-3-5-6-7-8-9-10-11-12-13-14-15-20-21-16-17-22(20,4-2)18-19-23/h13-14,16-17,20-21,23H,3-12,15,18-19H2,1-2H3/q+1/b14-13+. The molecule has 0 aromatic heterocycles. The Bertz CT molecular complexity index is 341. The van der Waals surface area contributed by atoms with Crippen molar-refractivity contribution in [2.24, 2.45) is 0 Å². The normalized spacial score (nSPS) is 23.7. The molecule has 23 heavy (non-hydrogen) atoms. The third kappa shape index (κ3) is 7.54. The molecular formula is C20H39N2O+. The quantitative estimate of drug-likeness (QED) is 0.276. The summed E-state index contributed by atoms with van der Waals surface area (Å²) in [6.45, 7) is 6.55. The van der Waals surface area contributed by atoms with E-state index in [1.165, 1.54) is 57.8 Å². The number of hydrogen-bond acceptors (Lipinski definition) is 2. The number of aliphatic hydroxyl groups is 1. The van der Waals surface area contributed by atoms with Crippen LogP contribution >= 0.6 is 0 Å². The molecule has 0 saturated carbocycles. The topological polar surface area (TPSA) is 32.3 Å². The Labute approximate surface area is 144 Å². The average Bonchev–Trinajstić information content (AvgIpc) is 2.96. The van der Waals surface area contributed by atoms with E-state index >= 15 is 0 Å². The number of unbranched alkanes of at least 4 members (excludes halogenated alkanes) is 8. The molecule has 0 spiro atoms. The molecule has 0 saturated heterocycles. The van der Waals surface area contributed by atoms with Crippen LogP contribution in [0.5, 0.6) is 0 Å². The fourth-order valence-corrected chi connectivity index (χ4v) is 3.47. The first-order valence-electron chi connectivity index (χ1n) is 9.85. The number of hydrogen-bond donors (Lipinski definition) is 2. The van der Waals surface area contributed by atoms with Crippen LogP contribution in [0.15, 0.2) is 24.6 Å². The lowest BCUT2D eigenvalue weighted by atomic mass is 10.1. The Morgan fingerprint density at radius 3 is 2.35 bits per heavy atom. The van der Waals surface area contributed by atoms with E-state index in [2.05, 4.69) is 43.7 Å². The zero-order valence-electron chi connectivity index (χ0n) is 15.5. The van der Waals surface area contributed by atoms with Gasteiger partial charge >= 0.3 is 0 Å². The Morgan fingerprint density at radius 1 is 1.00 bits per heavy atom. The summed E-state index contributed by atoms with van der Waals surface area (Å²) in [5, 5.41) is 12.8. The van der Waals surface area contributed by atoms with Crippen LogP contribution in [0.2, 0.25) is 0 Å². The highest BCUT2D eigenvalue weighted by Gasteiger charge is 2.35. The van der Waals surface area contributed by atoms with Gasteiger partial charge in [-0.2, -0.15) is 0 Å². The van der Waals surface area contributed by atoms with Gasteiger partial charge in [-0.1, -0.05) is 64.0 Å². The molecular weight excluding hydrogens is 284 g/mol. The van der Waals surface area contributed by atoms with Crippen molar-refractivity contribution in [3.8, 4) is 0 Å². The first kappa shape index (κ1) is 20.2. The number of quaternary nitrogens is 1. The molecule has 1 aliphatic rings. The van der Waals surface area contributed by atoms with Crippen LogP contribution < -0.4 is 5.32 Å². The molecule has 3 heteroatoms. The van der Waals surface area contributed by atoms with Gasteiger partial charge in [-0.25, -0.2) is 0 Å². The third-order valence-corrected chi connectivity index (χ3v) is 5.14. The number of nitrogens with zero attached hydrogens (tertiary/aromatic N) is 1. The van der Waals surface area contributed by atoms with Gasteiger partial charge in [0.15, 0.2) is 6.17 Å². The molecule has 0 amide bonds. The van der Waals surface area contributed by atoms with Gasteiger partial charge in [0, 0.05) is 6.42 Å². The molecule has 2 N–H and O–H groups in total. The van der Waals surface area contributed by atoms with Gasteiger partial charge in [0.1, 0.15) is 12.7 Å². The fourth-order valence-electron chi connectivity index (χ4n) is 3.47. The summed E-state index contributed by atoms with van der Waals surface area (Å²) in [5.74, 6) is 0. The molecule has 3 nitrogen and oxygen atoms in total. The highest BCUT2D eigenvalue weighted by Crippen LogP contribution is 2.21. The third-order valence-electron chi connectivity index (χ3n) is 5.14. The van der Waals surface area contributed by atoms with Gasteiger partial charge in [-0.15, -0.1) is 0 Å². The Morgan fingerprint density at radius 2 is 1.70 bits per heavy atom. The summed E-state index contributed by atoms with van der Waals surface area (Å²) in [7, 11) is 0. The van der Waals surface area contributed by atoms with E-state index in [9.17, 15) is 5.11 Å². The molecule has 0 aromatic carbocycles. The highest BCUT2D eigenvalue weighted by atomic mass is 16.3. The van der Waals surface area contributed by atoms with E-state index in [-0.39, 0.29) is 6.61 Å². The van der Waals surface area contributed by atoms with E-state index in [0.29, 0.717) is 6.17 Å². The minimum Gasteiger partial charge on any atom is -0.390 e. The molecule has 1 heterocycles. The summed E-state index contributed by atoms with van der Waals surface area (Å²) in [6.07, 6.45) is 22.7. The maximum atomic E-state index is 9.31. The second-order valence-corrected chi connectivity index (χ2v) is 6.84. The lowest BCUT2D eigenvalue weighted by Gasteiger charge is -2.36. The van der Waals surface area contributed by atoms with Crippen LogP contribution in [0.25, 0.3) is 0 Å². The maximum absolute atomic E-state index is 9.31. The molecule has 134 valence electrons. The fraction of sp³-hybridized carbons (Fsp3) is 0.800. The summed E-state index contributed by atoms with van der Waals surface area (Å²) in [4.78, 5) is 0. The van der Waals surface area contributed by atoms with Gasteiger partial charge in [0.25, 0.3) is 0 Å². The Kier molecular flexibility index (Phi) is 11.1. The first-order chi connectivity index (χ1) is 11.3. The van der Waals surface area contributed by atoms with Crippen LogP contribution in [0, 0.1) is 0 Å². The second-order valence-electron chi connectivity index (χ2n) is 6.84. The van der Waals surface area contributed by atoms with Gasteiger partial charge in [-0.3, -0.25) is 4.48 Å².